The minimum absolute atomic E-state index is 0.292. The predicted octanol–water partition coefficient (Wildman–Crippen LogP) is 8.11. The summed E-state index contributed by atoms with van der Waals surface area (Å²) in [5, 5.41) is 6.52. The molecule has 35 heavy (non-hydrogen) atoms. The van der Waals surface area contributed by atoms with Crippen LogP contribution in [0.2, 0.25) is 0 Å². The summed E-state index contributed by atoms with van der Waals surface area (Å²) in [6.45, 7) is 5.80. The van der Waals surface area contributed by atoms with E-state index in [0.29, 0.717) is 48.6 Å². The zero-order valence-electron chi connectivity index (χ0n) is 22.3. The first kappa shape index (κ1) is 25.6. The molecule has 0 aromatic carbocycles. The molecule has 2 unspecified atom stereocenters. The third-order valence-corrected chi connectivity index (χ3v) is 17.9. The Balaban J connectivity index is 1.35. The molecule has 0 aromatic heterocycles. The Bertz CT molecular complexity index is 749. The largest absolute Gasteiger partial charge is 0.282 e. The van der Waals surface area contributed by atoms with Crippen LogP contribution < -0.4 is 10.2 Å². The number of unbranched alkanes of at least 4 members (excludes halogenated alkanes) is 2. The minimum atomic E-state index is -3.32. The van der Waals surface area contributed by atoms with E-state index in [1.165, 1.54) is 38.5 Å². The fourth-order valence-electron chi connectivity index (χ4n) is 10.4. The molecule has 8 rings (SSSR count). The molecule has 0 radical (unpaired) electrons. The number of hydrogen-bond acceptors (Lipinski definition) is 3. The lowest BCUT2D eigenvalue weighted by atomic mass is 9.56. The molecule has 0 amide bonds. The maximum Gasteiger partial charge on any atom is 0.282 e. The van der Waals surface area contributed by atoms with Crippen LogP contribution in [-0.2, 0) is 13.4 Å². The summed E-state index contributed by atoms with van der Waals surface area (Å²) >= 11 is 0. The Hall–Kier alpha value is 0.340. The molecule has 2 N–H and O–H groups in total. The van der Waals surface area contributed by atoms with Gasteiger partial charge in [0.25, 0.3) is 15.0 Å². The van der Waals surface area contributed by atoms with Crippen molar-refractivity contribution in [1.29, 1.82) is 0 Å². The highest BCUT2D eigenvalue weighted by Crippen LogP contribution is 2.80. The molecule has 0 saturated heterocycles. The third-order valence-electron chi connectivity index (χ3n) is 11.2. The van der Waals surface area contributed by atoms with E-state index in [1.54, 1.807) is 0 Å². The maximum absolute atomic E-state index is 15.3. The van der Waals surface area contributed by atoms with Crippen molar-refractivity contribution < 1.29 is 13.4 Å². The van der Waals surface area contributed by atoms with E-state index in [9.17, 15) is 0 Å². The summed E-state index contributed by atoms with van der Waals surface area (Å²) in [6, 6.07) is 0. The van der Waals surface area contributed by atoms with Crippen molar-refractivity contribution in [3.63, 3.8) is 0 Å². The summed E-state index contributed by atoms with van der Waals surface area (Å²) in [7, 11) is -6.63. The van der Waals surface area contributed by atoms with E-state index in [-0.39, 0.29) is 10.3 Å². The Morgan fingerprint density at radius 2 is 0.886 bits per heavy atom. The van der Waals surface area contributed by atoms with Gasteiger partial charge in [0.15, 0.2) is 0 Å². The molecule has 8 fully saturated rings. The van der Waals surface area contributed by atoms with Crippen molar-refractivity contribution in [2.75, 3.05) is 13.1 Å². The summed E-state index contributed by atoms with van der Waals surface area (Å²) < 4.78 is 37.7. The van der Waals surface area contributed by atoms with Crippen LogP contribution in [0.4, 0.5) is 0 Å². The van der Waals surface area contributed by atoms with E-state index < -0.39 is 15.0 Å². The average Bonchev–Trinajstić information content (AvgIpc) is 2.77. The van der Waals surface area contributed by atoms with Crippen molar-refractivity contribution in [2.45, 2.75) is 127 Å². The van der Waals surface area contributed by atoms with Gasteiger partial charge in [0.2, 0.25) is 0 Å². The van der Waals surface area contributed by atoms with Crippen molar-refractivity contribution in [1.82, 2.24) is 10.2 Å². The van der Waals surface area contributed by atoms with Crippen LogP contribution in [0.15, 0.2) is 0 Å². The van der Waals surface area contributed by atoms with Crippen LogP contribution >= 0.6 is 15.0 Å². The Labute approximate surface area is 214 Å². The van der Waals surface area contributed by atoms with Gasteiger partial charge in [0.05, 0.1) is 10.3 Å². The molecule has 8 aliphatic rings. The monoisotopic (exact) mass is 524 g/mol. The Morgan fingerprint density at radius 3 is 1.14 bits per heavy atom. The normalized spacial score (nSPS) is 46.6. The smallest absolute Gasteiger partial charge is 0.274 e. The van der Waals surface area contributed by atoms with Crippen LogP contribution in [0.25, 0.3) is 0 Å². The number of rotatable bonds is 12. The zero-order valence-corrected chi connectivity index (χ0v) is 24.1. The summed E-state index contributed by atoms with van der Waals surface area (Å²) in [5.74, 6) is 4.16. The van der Waals surface area contributed by atoms with E-state index in [4.69, 9.17) is 4.31 Å². The lowest BCUT2D eigenvalue weighted by molar-refractivity contribution is 0.0231. The highest BCUT2D eigenvalue weighted by Gasteiger charge is 2.66. The van der Waals surface area contributed by atoms with Crippen molar-refractivity contribution in [3.05, 3.63) is 0 Å². The predicted molar refractivity (Wildman–Crippen MR) is 144 cm³/mol. The number of nitrogens with one attached hydrogen (secondary N) is 2. The van der Waals surface area contributed by atoms with Crippen LogP contribution in [0.1, 0.15) is 117 Å². The van der Waals surface area contributed by atoms with Gasteiger partial charge < -0.3 is 0 Å². The zero-order chi connectivity index (χ0) is 24.3. The second kappa shape index (κ2) is 9.51. The second-order valence-electron chi connectivity index (χ2n) is 14.0. The lowest BCUT2D eigenvalue weighted by Gasteiger charge is -2.61. The minimum Gasteiger partial charge on any atom is -0.274 e. The van der Waals surface area contributed by atoms with E-state index in [1.807, 2.05) is 0 Å². The average molecular weight is 525 g/mol. The summed E-state index contributed by atoms with van der Waals surface area (Å²) in [4.78, 5) is 0. The van der Waals surface area contributed by atoms with Crippen LogP contribution in [0.3, 0.4) is 0 Å². The first-order valence-electron chi connectivity index (χ1n) is 15.2. The van der Waals surface area contributed by atoms with E-state index in [0.717, 1.165) is 64.2 Å². The molecule has 7 heteroatoms. The first-order valence-corrected chi connectivity index (χ1v) is 18.5. The molecule has 8 aliphatic carbocycles. The van der Waals surface area contributed by atoms with Crippen LogP contribution in [0, 0.1) is 35.5 Å². The van der Waals surface area contributed by atoms with Crippen molar-refractivity contribution in [2.24, 2.45) is 35.5 Å². The van der Waals surface area contributed by atoms with Gasteiger partial charge in [-0.15, -0.1) is 0 Å². The lowest BCUT2D eigenvalue weighted by Crippen LogP contribution is -2.54. The van der Waals surface area contributed by atoms with Crippen molar-refractivity contribution in [3.8, 4) is 0 Å². The molecule has 5 nitrogen and oxygen atoms in total. The molecule has 0 aromatic rings. The first-order chi connectivity index (χ1) is 16.8. The quantitative estimate of drug-likeness (QED) is 0.199. The Morgan fingerprint density at radius 1 is 0.600 bits per heavy atom. The van der Waals surface area contributed by atoms with Gasteiger partial charge in [-0.25, -0.2) is 14.5 Å². The third kappa shape index (κ3) is 4.40. The van der Waals surface area contributed by atoms with Gasteiger partial charge in [0, 0.05) is 13.1 Å². The molecule has 8 saturated carbocycles. The summed E-state index contributed by atoms with van der Waals surface area (Å²) in [6.07, 6.45) is 18.1. The molecule has 0 aliphatic heterocycles. The van der Waals surface area contributed by atoms with E-state index >= 15 is 9.13 Å². The highest BCUT2D eigenvalue weighted by atomic mass is 31.2. The highest BCUT2D eigenvalue weighted by molar-refractivity contribution is 7.71. The van der Waals surface area contributed by atoms with E-state index in [2.05, 4.69) is 24.0 Å². The second-order valence-corrected chi connectivity index (χ2v) is 19.4. The van der Waals surface area contributed by atoms with Crippen LogP contribution in [-0.4, -0.2) is 23.4 Å². The molecular formula is C28H50N2O3P2. The van der Waals surface area contributed by atoms with Gasteiger partial charge in [-0.05, 0) is 125 Å². The number of hydrogen-bond donors (Lipinski definition) is 2. The molecule has 0 heterocycles. The van der Waals surface area contributed by atoms with Crippen LogP contribution in [0.5, 0.6) is 0 Å². The Kier molecular flexibility index (Phi) is 6.96. The maximum atomic E-state index is 15.3. The van der Waals surface area contributed by atoms with Gasteiger partial charge in [0.1, 0.15) is 0 Å². The molecule has 2 atom stereocenters. The van der Waals surface area contributed by atoms with Gasteiger partial charge in [-0.1, -0.05) is 26.7 Å². The standard InChI is InChI=1S/C28H50N2O3P2/c1-3-5-7-29-34(31,27-15-21-9-22(16-27)11-23(10-21)17-27)33-35(32,30-8-6-4-2)28-18-24-12-25(19-28)14-26(13-24)20-28/h21-26H,3-20H2,1-2H3,(H,29,31)(H,30,32). The van der Waals surface area contributed by atoms with Gasteiger partial charge >= 0.3 is 0 Å². The van der Waals surface area contributed by atoms with Gasteiger partial charge in [-0.2, -0.15) is 0 Å². The molecule has 200 valence electrons. The SMILES string of the molecule is CCCCNP(=O)(OP(=O)(NCCCC)C12CC3CC(CC(C3)C1)C2)C12CC3CC(CC(C3)C1)C2. The fourth-order valence-corrected chi connectivity index (χ4v) is 18.1. The fraction of sp³-hybridized carbons (Fsp3) is 1.00. The van der Waals surface area contributed by atoms with Crippen molar-refractivity contribution >= 4 is 15.0 Å². The van der Waals surface area contributed by atoms with Gasteiger partial charge in [-0.3, -0.25) is 9.13 Å². The topological polar surface area (TPSA) is 67.4 Å². The summed E-state index contributed by atoms with van der Waals surface area (Å²) in [5.41, 5.74) is 0. The molecule has 0 spiro atoms. The molecule has 8 bridgehead atoms. The molecular weight excluding hydrogens is 474 g/mol.